The number of carbonyl (C=O) groups is 2. The zero-order chi connectivity index (χ0) is 19.6. The molecule has 3 N–H and O–H groups in total. The summed E-state index contributed by atoms with van der Waals surface area (Å²) >= 11 is 0. The zero-order valence-corrected chi connectivity index (χ0v) is 17.4. The average molecular weight is 404 g/mol. The number of nitrogens with two attached hydrogens (primary N) is 1. The summed E-state index contributed by atoms with van der Waals surface area (Å²) < 4.78 is 0. The van der Waals surface area contributed by atoms with Gasteiger partial charge in [-0.2, -0.15) is 0 Å². The summed E-state index contributed by atoms with van der Waals surface area (Å²) in [4.78, 5) is 26.5. The van der Waals surface area contributed by atoms with Gasteiger partial charge in [0.15, 0.2) is 0 Å². The van der Waals surface area contributed by atoms with E-state index in [1.807, 2.05) is 66.4 Å². The number of benzene rings is 2. The Morgan fingerprint density at radius 1 is 1.07 bits per heavy atom. The normalized spacial score (nSPS) is 11.2. The molecule has 2 aromatic carbocycles. The number of carbonyl (C=O) groups excluding carboxylic acids is 2. The summed E-state index contributed by atoms with van der Waals surface area (Å²) in [6.45, 7) is 5.16. The van der Waals surface area contributed by atoms with Crippen molar-refractivity contribution in [2.75, 3.05) is 13.1 Å². The molecule has 0 bridgehead atoms. The molecular formula is C22H30ClN3O2. The molecule has 0 aromatic heterocycles. The molecule has 2 rings (SSSR count). The summed E-state index contributed by atoms with van der Waals surface area (Å²) in [7, 11) is 0. The van der Waals surface area contributed by atoms with Gasteiger partial charge >= 0.3 is 0 Å². The van der Waals surface area contributed by atoms with Crippen molar-refractivity contribution >= 4 is 24.2 Å². The standard InChI is InChI=1S/C22H29N3O2.ClH/c1-17-9-11-20(12-10-17)21(24-18(2)26)15-22(27)25(14-6-13-23)16-19-7-4-3-5-8-19;/h3-5,7-12,21H,6,13-16,23H2,1-2H3,(H,24,26);1H. The topological polar surface area (TPSA) is 75.4 Å². The van der Waals surface area contributed by atoms with Crippen LogP contribution in [0.1, 0.15) is 42.5 Å². The van der Waals surface area contributed by atoms with E-state index in [4.69, 9.17) is 5.73 Å². The summed E-state index contributed by atoms with van der Waals surface area (Å²) in [5.41, 5.74) is 8.80. The highest BCUT2D eigenvalue weighted by atomic mass is 35.5. The second-order valence-electron chi connectivity index (χ2n) is 6.81. The molecule has 0 spiro atoms. The maximum absolute atomic E-state index is 13.0. The quantitative estimate of drug-likeness (QED) is 0.674. The van der Waals surface area contributed by atoms with Crippen molar-refractivity contribution in [1.82, 2.24) is 10.2 Å². The fourth-order valence-electron chi connectivity index (χ4n) is 2.98. The molecule has 0 aliphatic rings. The van der Waals surface area contributed by atoms with Crippen LogP contribution in [0.15, 0.2) is 54.6 Å². The zero-order valence-electron chi connectivity index (χ0n) is 16.6. The average Bonchev–Trinajstić information content (AvgIpc) is 2.65. The lowest BCUT2D eigenvalue weighted by molar-refractivity contribution is -0.132. The molecule has 152 valence electrons. The van der Waals surface area contributed by atoms with Gasteiger partial charge in [-0.1, -0.05) is 60.2 Å². The second-order valence-corrected chi connectivity index (χ2v) is 6.81. The number of aryl methyl sites for hydroxylation is 1. The largest absolute Gasteiger partial charge is 0.349 e. The molecule has 0 fully saturated rings. The van der Waals surface area contributed by atoms with Crippen molar-refractivity contribution in [1.29, 1.82) is 0 Å². The molecule has 28 heavy (non-hydrogen) atoms. The minimum absolute atomic E-state index is 0. The van der Waals surface area contributed by atoms with Crippen LogP contribution < -0.4 is 11.1 Å². The number of halogens is 1. The lowest BCUT2D eigenvalue weighted by atomic mass is 10.0. The Labute approximate surface area is 173 Å². The van der Waals surface area contributed by atoms with Crippen LogP contribution in [0.4, 0.5) is 0 Å². The molecule has 2 aromatic rings. The highest BCUT2D eigenvalue weighted by Crippen LogP contribution is 2.20. The predicted octanol–water partition coefficient (Wildman–Crippen LogP) is 3.36. The summed E-state index contributed by atoms with van der Waals surface area (Å²) in [6, 6.07) is 17.5. The Hall–Kier alpha value is -2.37. The predicted molar refractivity (Wildman–Crippen MR) is 115 cm³/mol. The summed E-state index contributed by atoms with van der Waals surface area (Å²) in [5.74, 6) is -0.142. The molecule has 2 amide bonds. The van der Waals surface area contributed by atoms with E-state index in [1.54, 1.807) is 0 Å². The Kier molecular flexibility index (Phi) is 10.3. The Morgan fingerprint density at radius 3 is 2.29 bits per heavy atom. The molecular weight excluding hydrogens is 374 g/mol. The van der Waals surface area contributed by atoms with Crippen molar-refractivity contribution in [3.63, 3.8) is 0 Å². The SMILES string of the molecule is CC(=O)NC(CC(=O)N(CCCN)Cc1ccccc1)c1ccc(C)cc1.Cl. The molecule has 0 heterocycles. The van der Waals surface area contributed by atoms with E-state index < -0.39 is 0 Å². The smallest absolute Gasteiger partial charge is 0.225 e. The van der Waals surface area contributed by atoms with E-state index in [2.05, 4.69) is 5.32 Å². The molecule has 5 nitrogen and oxygen atoms in total. The first-order chi connectivity index (χ1) is 13.0. The number of nitrogens with one attached hydrogen (secondary N) is 1. The summed E-state index contributed by atoms with van der Waals surface area (Å²) in [5, 5.41) is 2.91. The van der Waals surface area contributed by atoms with Gasteiger partial charge in [0.2, 0.25) is 11.8 Å². The van der Waals surface area contributed by atoms with Gasteiger partial charge in [-0.15, -0.1) is 12.4 Å². The first-order valence-electron chi connectivity index (χ1n) is 9.35. The Bertz CT molecular complexity index is 735. The molecule has 1 unspecified atom stereocenters. The third kappa shape index (κ3) is 7.71. The first-order valence-corrected chi connectivity index (χ1v) is 9.35. The minimum Gasteiger partial charge on any atom is -0.349 e. The highest BCUT2D eigenvalue weighted by molar-refractivity contribution is 5.85. The third-order valence-electron chi connectivity index (χ3n) is 4.44. The number of hydrogen-bond acceptors (Lipinski definition) is 3. The maximum Gasteiger partial charge on any atom is 0.225 e. The van der Waals surface area contributed by atoms with Gasteiger partial charge in [0, 0.05) is 20.0 Å². The van der Waals surface area contributed by atoms with E-state index in [0.717, 1.165) is 23.1 Å². The van der Waals surface area contributed by atoms with E-state index in [1.165, 1.54) is 6.92 Å². The van der Waals surface area contributed by atoms with Crippen molar-refractivity contribution < 1.29 is 9.59 Å². The van der Waals surface area contributed by atoms with Gasteiger partial charge in [0.05, 0.1) is 12.5 Å². The van der Waals surface area contributed by atoms with Gasteiger partial charge in [-0.3, -0.25) is 9.59 Å². The van der Waals surface area contributed by atoms with Crippen molar-refractivity contribution in [3.8, 4) is 0 Å². The molecule has 0 saturated carbocycles. The fraction of sp³-hybridized carbons (Fsp3) is 0.364. The van der Waals surface area contributed by atoms with Crippen LogP contribution in [0.3, 0.4) is 0 Å². The van der Waals surface area contributed by atoms with E-state index in [9.17, 15) is 9.59 Å². The lowest BCUT2D eigenvalue weighted by Gasteiger charge is -2.26. The van der Waals surface area contributed by atoms with Gasteiger partial charge in [-0.05, 0) is 31.0 Å². The fourth-order valence-corrected chi connectivity index (χ4v) is 2.98. The van der Waals surface area contributed by atoms with Crippen LogP contribution in [-0.4, -0.2) is 29.8 Å². The number of nitrogens with zero attached hydrogens (tertiary/aromatic N) is 1. The van der Waals surface area contributed by atoms with Crippen molar-refractivity contribution in [2.24, 2.45) is 5.73 Å². The second kappa shape index (κ2) is 12.2. The van der Waals surface area contributed by atoms with Crippen molar-refractivity contribution in [3.05, 3.63) is 71.3 Å². The Morgan fingerprint density at radius 2 is 1.71 bits per heavy atom. The van der Waals surface area contributed by atoms with E-state index >= 15 is 0 Å². The van der Waals surface area contributed by atoms with Crippen LogP contribution in [0, 0.1) is 6.92 Å². The Balaban J connectivity index is 0.00000392. The first kappa shape index (κ1) is 23.7. The van der Waals surface area contributed by atoms with E-state index in [-0.39, 0.29) is 36.7 Å². The van der Waals surface area contributed by atoms with E-state index in [0.29, 0.717) is 19.6 Å². The third-order valence-corrected chi connectivity index (χ3v) is 4.44. The molecule has 0 aliphatic carbocycles. The van der Waals surface area contributed by atoms with Crippen LogP contribution in [0.2, 0.25) is 0 Å². The highest BCUT2D eigenvalue weighted by Gasteiger charge is 2.21. The molecule has 0 aliphatic heterocycles. The molecule has 0 radical (unpaired) electrons. The van der Waals surface area contributed by atoms with Crippen molar-refractivity contribution in [2.45, 2.75) is 39.3 Å². The number of amides is 2. The van der Waals surface area contributed by atoms with Crippen LogP contribution in [0.25, 0.3) is 0 Å². The molecule has 1 atom stereocenters. The van der Waals surface area contributed by atoms with Gasteiger partial charge < -0.3 is 16.0 Å². The minimum atomic E-state index is -0.341. The number of hydrogen-bond donors (Lipinski definition) is 2. The van der Waals surface area contributed by atoms with Gasteiger partial charge in [0.1, 0.15) is 0 Å². The van der Waals surface area contributed by atoms with Crippen LogP contribution in [-0.2, 0) is 16.1 Å². The maximum atomic E-state index is 13.0. The van der Waals surface area contributed by atoms with Crippen LogP contribution >= 0.6 is 12.4 Å². The molecule has 0 saturated heterocycles. The molecule has 6 heteroatoms. The summed E-state index contributed by atoms with van der Waals surface area (Å²) in [6.07, 6.45) is 0.966. The lowest BCUT2D eigenvalue weighted by Crippen LogP contribution is -2.36. The van der Waals surface area contributed by atoms with Gasteiger partial charge in [0.25, 0.3) is 0 Å². The monoisotopic (exact) mass is 403 g/mol. The van der Waals surface area contributed by atoms with Gasteiger partial charge in [-0.25, -0.2) is 0 Å². The van der Waals surface area contributed by atoms with Crippen LogP contribution in [0.5, 0.6) is 0 Å². The number of rotatable bonds is 9.